The average molecular weight is 231 g/mol. The van der Waals surface area contributed by atoms with Gasteiger partial charge in [-0.25, -0.2) is 4.79 Å². The maximum absolute atomic E-state index is 11.9. The summed E-state index contributed by atoms with van der Waals surface area (Å²) in [4.78, 5) is 23.9. The van der Waals surface area contributed by atoms with Crippen molar-refractivity contribution in [1.82, 2.24) is 0 Å². The van der Waals surface area contributed by atoms with Crippen molar-refractivity contribution in [3.05, 3.63) is 42.0 Å². The van der Waals surface area contributed by atoms with Crippen LogP contribution < -0.4 is 4.90 Å². The van der Waals surface area contributed by atoms with Crippen LogP contribution in [-0.2, 0) is 16.0 Å². The van der Waals surface area contributed by atoms with Gasteiger partial charge >= 0.3 is 5.97 Å². The van der Waals surface area contributed by atoms with Crippen LogP contribution in [0.4, 0.5) is 5.69 Å². The van der Waals surface area contributed by atoms with Gasteiger partial charge in [0.2, 0.25) is 0 Å². The van der Waals surface area contributed by atoms with Crippen LogP contribution in [0.1, 0.15) is 12.5 Å². The Balaban J connectivity index is 2.27. The Morgan fingerprint density at radius 3 is 2.76 bits per heavy atom. The molecule has 1 amide bonds. The van der Waals surface area contributed by atoms with Crippen LogP contribution >= 0.6 is 0 Å². The Morgan fingerprint density at radius 2 is 2.06 bits per heavy atom. The lowest BCUT2D eigenvalue weighted by Gasteiger charge is -2.20. The van der Waals surface area contributed by atoms with Gasteiger partial charge in [-0.3, -0.25) is 4.79 Å². The first-order valence-corrected chi connectivity index (χ1v) is 5.41. The molecular weight excluding hydrogens is 218 g/mol. The number of para-hydroxylation sites is 1. The molecule has 0 fully saturated rings. The molecule has 1 aromatic rings. The molecular formula is C13H13NO3. The molecule has 17 heavy (non-hydrogen) atoms. The molecule has 1 unspecified atom stereocenters. The standard InChI is InChI=1S/C13H13NO3/c1-9-8-10-4-2-3-5-11(10)14(9)12(15)6-7-13(16)17/h2-7,9H,8H2,1H3,(H,16,17)/b7-6+. The van der Waals surface area contributed by atoms with Gasteiger partial charge in [0.25, 0.3) is 5.91 Å². The first kappa shape index (κ1) is 11.4. The van der Waals surface area contributed by atoms with E-state index in [9.17, 15) is 9.59 Å². The highest BCUT2D eigenvalue weighted by Gasteiger charge is 2.29. The minimum Gasteiger partial charge on any atom is -0.478 e. The van der Waals surface area contributed by atoms with E-state index >= 15 is 0 Å². The number of carboxylic acid groups (broad SMARTS) is 1. The number of nitrogens with zero attached hydrogens (tertiary/aromatic N) is 1. The van der Waals surface area contributed by atoms with E-state index in [4.69, 9.17) is 5.11 Å². The van der Waals surface area contributed by atoms with Gasteiger partial charge in [-0.2, -0.15) is 0 Å². The minimum atomic E-state index is -1.11. The fraction of sp³-hybridized carbons (Fsp3) is 0.231. The van der Waals surface area contributed by atoms with Crippen molar-refractivity contribution < 1.29 is 14.7 Å². The predicted octanol–water partition coefficient (Wildman–Crippen LogP) is 1.61. The van der Waals surface area contributed by atoms with E-state index in [0.29, 0.717) is 0 Å². The first-order chi connectivity index (χ1) is 8.09. The topological polar surface area (TPSA) is 57.6 Å². The Hall–Kier alpha value is -2.10. The van der Waals surface area contributed by atoms with E-state index in [1.165, 1.54) is 0 Å². The third-order valence-electron chi connectivity index (χ3n) is 2.81. The zero-order valence-corrected chi connectivity index (χ0v) is 9.46. The molecule has 0 radical (unpaired) electrons. The van der Waals surface area contributed by atoms with Gasteiger partial charge in [0.15, 0.2) is 0 Å². The summed E-state index contributed by atoms with van der Waals surface area (Å²) < 4.78 is 0. The zero-order chi connectivity index (χ0) is 12.4. The van der Waals surface area contributed by atoms with Crippen molar-refractivity contribution in [2.24, 2.45) is 0 Å². The molecule has 0 spiro atoms. The summed E-state index contributed by atoms with van der Waals surface area (Å²) in [7, 11) is 0. The highest BCUT2D eigenvalue weighted by Crippen LogP contribution is 2.31. The van der Waals surface area contributed by atoms with Crippen molar-refractivity contribution in [2.75, 3.05) is 4.90 Å². The van der Waals surface area contributed by atoms with Crippen LogP contribution in [0.3, 0.4) is 0 Å². The van der Waals surface area contributed by atoms with E-state index in [2.05, 4.69) is 0 Å². The summed E-state index contributed by atoms with van der Waals surface area (Å²) in [6, 6.07) is 7.74. The second-order valence-electron chi connectivity index (χ2n) is 4.06. The molecule has 1 heterocycles. The summed E-state index contributed by atoms with van der Waals surface area (Å²) in [5.74, 6) is -1.40. The Labute approximate surface area is 99.2 Å². The van der Waals surface area contributed by atoms with Crippen molar-refractivity contribution in [2.45, 2.75) is 19.4 Å². The smallest absolute Gasteiger partial charge is 0.328 e. The molecule has 1 aliphatic rings. The Kier molecular flexibility index (Phi) is 2.95. The summed E-state index contributed by atoms with van der Waals surface area (Å²) in [5.41, 5.74) is 2.00. The molecule has 1 atom stereocenters. The second-order valence-corrected chi connectivity index (χ2v) is 4.06. The van der Waals surface area contributed by atoms with E-state index in [0.717, 1.165) is 29.8 Å². The summed E-state index contributed by atoms with van der Waals surface area (Å²) in [6.07, 6.45) is 2.78. The molecule has 4 heteroatoms. The van der Waals surface area contributed by atoms with E-state index < -0.39 is 5.97 Å². The zero-order valence-electron chi connectivity index (χ0n) is 9.46. The van der Waals surface area contributed by atoms with Crippen LogP contribution in [0.5, 0.6) is 0 Å². The van der Waals surface area contributed by atoms with Crippen LogP contribution in [0.2, 0.25) is 0 Å². The molecule has 0 aromatic heterocycles. The average Bonchev–Trinajstić information content (AvgIpc) is 2.61. The highest BCUT2D eigenvalue weighted by molar-refractivity contribution is 6.05. The van der Waals surface area contributed by atoms with Crippen molar-refractivity contribution in [1.29, 1.82) is 0 Å². The lowest BCUT2D eigenvalue weighted by molar-refractivity contribution is -0.131. The van der Waals surface area contributed by atoms with Gasteiger partial charge in [0, 0.05) is 23.9 Å². The van der Waals surface area contributed by atoms with Gasteiger partial charge in [0.1, 0.15) is 0 Å². The summed E-state index contributed by atoms with van der Waals surface area (Å²) in [6.45, 7) is 1.95. The lowest BCUT2D eigenvalue weighted by Crippen LogP contribution is -2.34. The molecule has 4 nitrogen and oxygen atoms in total. The third-order valence-corrected chi connectivity index (χ3v) is 2.81. The molecule has 1 N–H and O–H groups in total. The maximum atomic E-state index is 11.9. The molecule has 88 valence electrons. The number of carbonyl (C=O) groups is 2. The number of amides is 1. The molecule has 1 aromatic carbocycles. The van der Waals surface area contributed by atoms with E-state index in [-0.39, 0.29) is 11.9 Å². The molecule has 0 saturated heterocycles. The fourth-order valence-electron chi connectivity index (χ4n) is 2.12. The van der Waals surface area contributed by atoms with Crippen molar-refractivity contribution in [3.8, 4) is 0 Å². The predicted molar refractivity (Wildman–Crippen MR) is 63.9 cm³/mol. The van der Waals surface area contributed by atoms with Gasteiger partial charge in [0.05, 0.1) is 0 Å². The molecule has 2 rings (SSSR count). The molecule has 0 aliphatic carbocycles. The normalized spacial score (nSPS) is 18.4. The number of benzene rings is 1. The van der Waals surface area contributed by atoms with Gasteiger partial charge in [-0.15, -0.1) is 0 Å². The van der Waals surface area contributed by atoms with Crippen molar-refractivity contribution >= 4 is 17.6 Å². The monoisotopic (exact) mass is 231 g/mol. The van der Waals surface area contributed by atoms with Gasteiger partial charge in [-0.05, 0) is 25.0 Å². The van der Waals surface area contributed by atoms with Crippen LogP contribution in [0, 0.1) is 0 Å². The fourth-order valence-corrected chi connectivity index (χ4v) is 2.12. The van der Waals surface area contributed by atoms with Crippen LogP contribution in [0.15, 0.2) is 36.4 Å². The largest absolute Gasteiger partial charge is 0.478 e. The van der Waals surface area contributed by atoms with Crippen LogP contribution in [0.25, 0.3) is 0 Å². The van der Waals surface area contributed by atoms with Gasteiger partial charge in [-0.1, -0.05) is 18.2 Å². The van der Waals surface area contributed by atoms with Gasteiger partial charge < -0.3 is 10.0 Å². The molecule has 0 bridgehead atoms. The number of carboxylic acids is 1. The van der Waals surface area contributed by atoms with Crippen LogP contribution in [-0.4, -0.2) is 23.0 Å². The van der Waals surface area contributed by atoms with E-state index in [1.54, 1.807) is 4.90 Å². The number of carbonyl (C=O) groups excluding carboxylic acids is 1. The third kappa shape index (κ3) is 2.20. The number of hydrogen-bond donors (Lipinski definition) is 1. The number of aliphatic carboxylic acids is 1. The lowest BCUT2D eigenvalue weighted by atomic mass is 10.1. The molecule has 0 saturated carbocycles. The van der Waals surface area contributed by atoms with E-state index in [1.807, 2.05) is 31.2 Å². The number of hydrogen-bond acceptors (Lipinski definition) is 2. The SMILES string of the molecule is CC1Cc2ccccc2N1C(=O)/C=C/C(=O)O. The number of fused-ring (bicyclic) bond motifs is 1. The second kappa shape index (κ2) is 4.41. The summed E-state index contributed by atoms with van der Waals surface area (Å²) in [5, 5.41) is 8.51. The first-order valence-electron chi connectivity index (χ1n) is 5.41. The Bertz CT molecular complexity index is 493. The molecule has 1 aliphatic heterocycles. The van der Waals surface area contributed by atoms with Crippen molar-refractivity contribution in [3.63, 3.8) is 0 Å². The Morgan fingerprint density at radius 1 is 1.35 bits per heavy atom. The maximum Gasteiger partial charge on any atom is 0.328 e. The number of rotatable bonds is 2. The highest BCUT2D eigenvalue weighted by atomic mass is 16.4. The number of anilines is 1. The quantitative estimate of drug-likeness (QED) is 0.786. The summed E-state index contributed by atoms with van der Waals surface area (Å²) >= 11 is 0. The minimum absolute atomic E-state index is 0.0679.